The standard InChI is InChI=1S/C18H15F5N6O/c1-17(19,20)15-6-10(2-4-24-15)13-7-14-12(3-5-28(14)27-13)26-16(30)11-8-25-29(9-11)18(21,22)23/h2,4,6-9,12H,3,5H2,1H3,(H,26,30)/t12-/m1/s1. The Balaban J connectivity index is 1.54. The van der Waals surface area contributed by atoms with E-state index in [1.807, 2.05) is 0 Å². The SMILES string of the molecule is CC(F)(F)c1cc(-c2cc3n(n2)CC[C@H]3NC(=O)c2cnn(C(F)(F)F)c2)ccn1. The van der Waals surface area contributed by atoms with Crippen molar-refractivity contribution in [3.63, 3.8) is 0 Å². The summed E-state index contributed by atoms with van der Waals surface area (Å²) in [4.78, 5) is 16.0. The molecule has 0 unspecified atom stereocenters. The molecular formula is C18H15F5N6O. The Morgan fingerprint density at radius 1 is 1.23 bits per heavy atom. The number of nitrogens with zero attached hydrogens (tertiary/aromatic N) is 5. The molecule has 0 radical (unpaired) electrons. The minimum Gasteiger partial charge on any atom is -0.344 e. The second-order valence-electron chi connectivity index (χ2n) is 6.95. The highest BCUT2D eigenvalue weighted by Crippen LogP contribution is 2.32. The molecule has 1 amide bonds. The third-order valence-corrected chi connectivity index (χ3v) is 4.71. The molecule has 0 saturated carbocycles. The van der Waals surface area contributed by atoms with Crippen LogP contribution in [0.25, 0.3) is 11.3 Å². The molecule has 12 heteroatoms. The van der Waals surface area contributed by atoms with Gasteiger partial charge in [0.1, 0.15) is 5.69 Å². The number of halogens is 5. The van der Waals surface area contributed by atoms with Gasteiger partial charge >= 0.3 is 6.30 Å². The van der Waals surface area contributed by atoms with E-state index in [4.69, 9.17) is 0 Å². The monoisotopic (exact) mass is 426 g/mol. The summed E-state index contributed by atoms with van der Waals surface area (Å²) in [6.07, 6.45) is -1.50. The van der Waals surface area contributed by atoms with E-state index < -0.39 is 24.2 Å². The average molecular weight is 426 g/mol. The molecule has 4 heterocycles. The fraction of sp³-hybridized carbons (Fsp3) is 0.333. The first-order valence-electron chi connectivity index (χ1n) is 8.87. The molecule has 1 N–H and O–H groups in total. The lowest BCUT2D eigenvalue weighted by atomic mass is 10.1. The molecule has 7 nitrogen and oxygen atoms in total. The van der Waals surface area contributed by atoms with Crippen LogP contribution in [0, 0.1) is 0 Å². The predicted octanol–water partition coefficient (Wildman–Crippen LogP) is 3.60. The van der Waals surface area contributed by atoms with Crippen molar-refractivity contribution in [3.8, 4) is 11.3 Å². The van der Waals surface area contributed by atoms with Crippen LogP contribution in [-0.4, -0.2) is 30.5 Å². The van der Waals surface area contributed by atoms with Gasteiger partial charge in [0.05, 0.1) is 29.2 Å². The van der Waals surface area contributed by atoms with Crippen LogP contribution in [0.5, 0.6) is 0 Å². The van der Waals surface area contributed by atoms with Crippen LogP contribution in [0.2, 0.25) is 0 Å². The smallest absolute Gasteiger partial charge is 0.344 e. The Bertz CT molecular complexity index is 1100. The summed E-state index contributed by atoms with van der Waals surface area (Å²) in [5.74, 6) is -3.81. The van der Waals surface area contributed by atoms with Gasteiger partial charge in [-0.1, -0.05) is 0 Å². The van der Waals surface area contributed by atoms with Crippen molar-refractivity contribution in [1.82, 2.24) is 29.9 Å². The normalized spacial score (nSPS) is 16.5. The lowest BCUT2D eigenvalue weighted by Crippen LogP contribution is -2.27. The van der Waals surface area contributed by atoms with Crippen molar-refractivity contribution in [2.45, 2.75) is 38.2 Å². The van der Waals surface area contributed by atoms with Gasteiger partial charge in [-0.3, -0.25) is 14.5 Å². The van der Waals surface area contributed by atoms with E-state index in [-0.39, 0.29) is 15.9 Å². The molecule has 158 valence electrons. The summed E-state index contributed by atoms with van der Waals surface area (Å²) >= 11 is 0. The van der Waals surface area contributed by atoms with E-state index in [0.717, 1.165) is 13.1 Å². The molecule has 4 rings (SSSR count). The van der Waals surface area contributed by atoms with E-state index in [0.29, 0.717) is 36.1 Å². The molecular weight excluding hydrogens is 411 g/mol. The molecule has 0 saturated heterocycles. The van der Waals surface area contributed by atoms with Gasteiger partial charge in [0.15, 0.2) is 0 Å². The first-order chi connectivity index (χ1) is 14.0. The minimum absolute atomic E-state index is 0.227. The third kappa shape index (κ3) is 3.76. The molecule has 0 spiro atoms. The van der Waals surface area contributed by atoms with Gasteiger partial charge in [0, 0.05) is 31.4 Å². The molecule has 1 aliphatic heterocycles. The summed E-state index contributed by atoms with van der Waals surface area (Å²) < 4.78 is 66.4. The number of nitrogens with one attached hydrogen (secondary N) is 1. The zero-order valence-electron chi connectivity index (χ0n) is 15.5. The van der Waals surface area contributed by atoms with Crippen molar-refractivity contribution in [3.05, 3.63) is 53.7 Å². The number of rotatable bonds is 4. The largest absolute Gasteiger partial charge is 0.504 e. The maximum absolute atomic E-state index is 13.5. The fourth-order valence-electron chi connectivity index (χ4n) is 3.23. The number of aromatic nitrogens is 5. The first-order valence-corrected chi connectivity index (χ1v) is 8.87. The van der Waals surface area contributed by atoms with E-state index >= 15 is 0 Å². The highest BCUT2D eigenvalue weighted by Gasteiger charge is 2.33. The molecule has 0 aliphatic carbocycles. The average Bonchev–Trinajstić information content (AvgIpc) is 3.37. The topological polar surface area (TPSA) is 77.6 Å². The Kier molecular flexibility index (Phi) is 4.59. The number of carbonyl (C=O) groups excluding carboxylic acids is 1. The first kappa shape index (κ1) is 20.0. The maximum Gasteiger partial charge on any atom is 0.504 e. The number of alkyl halides is 5. The van der Waals surface area contributed by atoms with Crippen molar-refractivity contribution >= 4 is 5.91 Å². The van der Waals surface area contributed by atoms with Crippen LogP contribution < -0.4 is 5.32 Å². The molecule has 1 atom stereocenters. The Labute approximate surface area is 166 Å². The number of carbonyl (C=O) groups is 1. The summed E-state index contributed by atoms with van der Waals surface area (Å²) in [5.41, 5.74) is 0.888. The van der Waals surface area contributed by atoms with Crippen LogP contribution in [0.15, 0.2) is 36.8 Å². The number of aryl methyl sites for hydroxylation is 1. The summed E-state index contributed by atoms with van der Waals surface area (Å²) in [6, 6.07) is 3.97. The molecule has 0 bridgehead atoms. The van der Waals surface area contributed by atoms with E-state index in [9.17, 15) is 26.7 Å². The van der Waals surface area contributed by atoms with Crippen molar-refractivity contribution in [1.29, 1.82) is 0 Å². The molecule has 30 heavy (non-hydrogen) atoms. The van der Waals surface area contributed by atoms with Gasteiger partial charge in [-0.2, -0.15) is 23.7 Å². The quantitative estimate of drug-likeness (QED) is 0.647. The van der Waals surface area contributed by atoms with Gasteiger partial charge in [-0.05, 0) is 24.6 Å². The highest BCUT2D eigenvalue weighted by atomic mass is 19.4. The fourth-order valence-corrected chi connectivity index (χ4v) is 3.23. The molecule has 3 aromatic rings. The van der Waals surface area contributed by atoms with Crippen LogP contribution >= 0.6 is 0 Å². The molecule has 3 aromatic heterocycles. The Hall–Kier alpha value is -3.31. The van der Waals surface area contributed by atoms with Crippen LogP contribution in [0.3, 0.4) is 0 Å². The van der Waals surface area contributed by atoms with Crippen molar-refractivity contribution in [2.24, 2.45) is 0 Å². The summed E-state index contributed by atoms with van der Waals surface area (Å²) in [6.45, 7) is 1.21. The lowest BCUT2D eigenvalue weighted by Gasteiger charge is -2.11. The number of hydrogen-bond donors (Lipinski definition) is 1. The van der Waals surface area contributed by atoms with Crippen LogP contribution in [-0.2, 0) is 18.8 Å². The van der Waals surface area contributed by atoms with E-state index in [1.54, 1.807) is 16.8 Å². The number of hydrogen-bond acceptors (Lipinski definition) is 4. The second-order valence-corrected chi connectivity index (χ2v) is 6.95. The number of pyridine rings is 1. The second kappa shape index (κ2) is 6.89. The zero-order chi connectivity index (χ0) is 21.7. The van der Waals surface area contributed by atoms with Gasteiger partial charge in [0.2, 0.25) is 0 Å². The van der Waals surface area contributed by atoms with Gasteiger partial charge < -0.3 is 5.32 Å². The third-order valence-electron chi connectivity index (χ3n) is 4.71. The lowest BCUT2D eigenvalue weighted by molar-refractivity contribution is -0.212. The Morgan fingerprint density at radius 3 is 2.67 bits per heavy atom. The van der Waals surface area contributed by atoms with E-state index in [2.05, 4.69) is 20.5 Å². The Morgan fingerprint density at radius 2 is 2.00 bits per heavy atom. The number of fused-ring (bicyclic) bond motifs is 1. The highest BCUT2D eigenvalue weighted by molar-refractivity contribution is 5.94. The van der Waals surface area contributed by atoms with Crippen molar-refractivity contribution < 1.29 is 26.7 Å². The van der Waals surface area contributed by atoms with Gasteiger partial charge in [-0.15, -0.1) is 13.2 Å². The van der Waals surface area contributed by atoms with Crippen LogP contribution in [0.1, 0.15) is 41.1 Å². The molecule has 1 aliphatic rings. The number of amides is 1. The predicted molar refractivity (Wildman–Crippen MR) is 93.4 cm³/mol. The summed E-state index contributed by atoms with van der Waals surface area (Å²) in [5, 5.41) is 10.2. The van der Waals surface area contributed by atoms with Crippen LogP contribution in [0.4, 0.5) is 22.0 Å². The summed E-state index contributed by atoms with van der Waals surface area (Å²) in [7, 11) is 0. The minimum atomic E-state index is -4.71. The van der Waals surface area contributed by atoms with Crippen molar-refractivity contribution in [2.75, 3.05) is 0 Å². The maximum atomic E-state index is 13.5. The van der Waals surface area contributed by atoms with Gasteiger partial charge in [-0.25, -0.2) is 0 Å². The molecule has 0 aromatic carbocycles. The molecule has 0 fully saturated rings. The van der Waals surface area contributed by atoms with E-state index in [1.165, 1.54) is 12.3 Å². The van der Waals surface area contributed by atoms with Gasteiger partial charge in [0.25, 0.3) is 11.8 Å². The zero-order valence-corrected chi connectivity index (χ0v) is 15.5.